The van der Waals surface area contributed by atoms with Gasteiger partial charge in [0.05, 0.1) is 5.69 Å². The lowest BCUT2D eigenvalue weighted by molar-refractivity contribution is 0.469. The van der Waals surface area contributed by atoms with E-state index in [0.717, 1.165) is 12.1 Å². The molecule has 0 unspecified atom stereocenters. The van der Waals surface area contributed by atoms with E-state index in [2.05, 4.69) is 9.97 Å². The maximum absolute atomic E-state index is 13.2. The van der Waals surface area contributed by atoms with Crippen molar-refractivity contribution in [1.29, 1.82) is 0 Å². The summed E-state index contributed by atoms with van der Waals surface area (Å²) in [6, 6.07) is 3.35. The van der Waals surface area contributed by atoms with Crippen LogP contribution in [0, 0.1) is 18.6 Å². The highest BCUT2D eigenvalue weighted by atomic mass is 19.1. The van der Waals surface area contributed by atoms with E-state index < -0.39 is 11.6 Å². The van der Waals surface area contributed by atoms with Crippen molar-refractivity contribution in [3.05, 3.63) is 35.5 Å². The SMILES string of the molecule is Cc1nc(-c2cc(O)cc(F)c2)nc(N)c1F. The van der Waals surface area contributed by atoms with Crippen LogP contribution in [0.15, 0.2) is 18.2 Å². The van der Waals surface area contributed by atoms with E-state index in [1.807, 2.05) is 0 Å². The summed E-state index contributed by atoms with van der Waals surface area (Å²) in [5.41, 5.74) is 5.65. The molecule has 0 aliphatic heterocycles. The first-order chi connectivity index (χ1) is 7.97. The number of rotatable bonds is 1. The monoisotopic (exact) mass is 237 g/mol. The molecule has 1 aromatic carbocycles. The first-order valence-electron chi connectivity index (χ1n) is 4.77. The molecule has 4 nitrogen and oxygen atoms in total. The van der Waals surface area contributed by atoms with Gasteiger partial charge in [-0.05, 0) is 19.1 Å². The molecule has 0 atom stereocenters. The number of nitrogens with zero attached hydrogens (tertiary/aromatic N) is 2. The van der Waals surface area contributed by atoms with Crippen LogP contribution in [0.25, 0.3) is 11.4 Å². The van der Waals surface area contributed by atoms with E-state index in [4.69, 9.17) is 5.73 Å². The van der Waals surface area contributed by atoms with Gasteiger partial charge in [-0.3, -0.25) is 0 Å². The van der Waals surface area contributed by atoms with Crippen molar-refractivity contribution in [3.8, 4) is 17.1 Å². The number of aryl methyl sites for hydroxylation is 1. The van der Waals surface area contributed by atoms with Crippen LogP contribution in [-0.2, 0) is 0 Å². The van der Waals surface area contributed by atoms with Crippen molar-refractivity contribution in [1.82, 2.24) is 9.97 Å². The molecule has 0 saturated carbocycles. The smallest absolute Gasteiger partial charge is 0.186 e. The van der Waals surface area contributed by atoms with E-state index >= 15 is 0 Å². The molecule has 88 valence electrons. The summed E-state index contributed by atoms with van der Waals surface area (Å²) < 4.78 is 26.3. The molecule has 1 aromatic heterocycles. The van der Waals surface area contributed by atoms with Crippen LogP contribution in [-0.4, -0.2) is 15.1 Å². The Labute approximate surface area is 95.8 Å². The van der Waals surface area contributed by atoms with Gasteiger partial charge in [-0.15, -0.1) is 0 Å². The van der Waals surface area contributed by atoms with E-state index in [1.165, 1.54) is 13.0 Å². The number of nitrogen functional groups attached to an aromatic ring is 1. The Morgan fingerprint density at radius 1 is 1.18 bits per heavy atom. The predicted molar refractivity (Wildman–Crippen MR) is 58.2 cm³/mol. The summed E-state index contributed by atoms with van der Waals surface area (Å²) in [5, 5.41) is 9.25. The van der Waals surface area contributed by atoms with Gasteiger partial charge in [-0.2, -0.15) is 0 Å². The first-order valence-corrected chi connectivity index (χ1v) is 4.77. The first kappa shape index (κ1) is 11.3. The van der Waals surface area contributed by atoms with E-state index in [-0.39, 0.29) is 28.6 Å². The molecule has 2 aromatic rings. The normalized spacial score (nSPS) is 10.5. The molecule has 6 heteroatoms. The predicted octanol–water partition coefficient (Wildman–Crippen LogP) is 2.02. The maximum Gasteiger partial charge on any atom is 0.186 e. The fourth-order valence-electron chi connectivity index (χ4n) is 1.41. The van der Waals surface area contributed by atoms with Crippen LogP contribution >= 0.6 is 0 Å². The van der Waals surface area contributed by atoms with E-state index in [1.54, 1.807) is 0 Å². The van der Waals surface area contributed by atoms with Crippen LogP contribution in [0.3, 0.4) is 0 Å². The van der Waals surface area contributed by atoms with Gasteiger partial charge >= 0.3 is 0 Å². The van der Waals surface area contributed by atoms with Crippen LogP contribution < -0.4 is 5.73 Å². The van der Waals surface area contributed by atoms with Crippen molar-refractivity contribution in [2.24, 2.45) is 0 Å². The van der Waals surface area contributed by atoms with Crippen LogP contribution in [0.5, 0.6) is 5.75 Å². The molecular formula is C11H9F2N3O. The van der Waals surface area contributed by atoms with Gasteiger partial charge in [-0.25, -0.2) is 18.7 Å². The lowest BCUT2D eigenvalue weighted by atomic mass is 10.2. The molecule has 0 aliphatic rings. The molecule has 3 N–H and O–H groups in total. The summed E-state index contributed by atoms with van der Waals surface area (Å²) in [7, 11) is 0. The van der Waals surface area contributed by atoms with Crippen LogP contribution in [0.4, 0.5) is 14.6 Å². The van der Waals surface area contributed by atoms with Gasteiger partial charge in [0, 0.05) is 11.6 Å². The molecule has 0 radical (unpaired) electrons. The second kappa shape index (κ2) is 3.97. The minimum atomic E-state index is -0.700. The van der Waals surface area contributed by atoms with Gasteiger partial charge < -0.3 is 10.8 Å². The van der Waals surface area contributed by atoms with Gasteiger partial charge in [0.1, 0.15) is 11.6 Å². The zero-order valence-corrected chi connectivity index (χ0v) is 8.91. The molecule has 0 saturated heterocycles. The molecule has 0 fully saturated rings. The summed E-state index contributed by atoms with van der Waals surface area (Å²) in [4.78, 5) is 7.54. The van der Waals surface area contributed by atoms with Crippen molar-refractivity contribution in [2.45, 2.75) is 6.92 Å². The Morgan fingerprint density at radius 2 is 1.88 bits per heavy atom. The molecule has 17 heavy (non-hydrogen) atoms. The van der Waals surface area contributed by atoms with Gasteiger partial charge in [0.2, 0.25) is 0 Å². The minimum Gasteiger partial charge on any atom is -0.508 e. The third kappa shape index (κ3) is 2.15. The maximum atomic E-state index is 13.2. The second-order valence-corrected chi connectivity index (χ2v) is 3.53. The lowest BCUT2D eigenvalue weighted by Gasteiger charge is -2.05. The van der Waals surface area contributed by atoms with Crippen molar-refractivity contribution in [2.75, 3.05) is 5.73 Å². The number of benzene rings is 1. The number of phenols is 1. The Hall–Kier alpha value is -2.24. The topological polar surface area (TPSA) is 72.0 Å². The van der Waals surface area contributed by atoms with Crippen molar-refractivity contribution < 1.29 is 13.9 Å². The summed E-state index contributed by atoms with van der Waals surface area (Å²) in [6.45, 7) is 1.43. The highest BCUT2D eigenvalue weighted by molar-refractivity contribution is 5.59. The Bertz CT molecular complexity index is 544. The Balaban J connectivity index is 2.60. The molecule has 0 amide bonds. The fourth-order valence-corrected chi connectivity index (χ4v) is 1.41. The molecular weight excluding hydrogens is 228 g/mol. The molecule has 0 bridgehead atoms. The van der Waals surface area contributed by atoms with Crippen LogP contribution in [0.1, 0.15) is 5.69 Å². The highest BCUT2D eigenvalue weighted by Crippen LogP contribution is 2.24. The third-order valence-corrected chi connectivity index (χ3v) is 2.18. The molecule has 0 spiro atoms. The summed E-state index contributed by atoms with van der Waals surface area (Å²) in [5.74, 6) is -1.84. The minimum absolute atomic E-state index is 0.0659. The third-order valence-electron chi connectivity index (χ3n) is 2.18. The average Bonchev–Trinajstić information content (AvgIpc) is 2.23. The van der Waals surface area contributed by atoms with Crippen molar-refractivity contribution >= 4 is 5.82 Å². The number of anilines is 1. The number of aromatic nitrogens is 2. The van der Waals surface area contributed by atoms with Gasteiger partial charge in [0.15, 0.2) is 17.5 Å². The number of hydrogen-bond donors (Lipinski definition) is 2. The lowest BCUT2D eigenvalue weighted by Crippen LogP contribution is -2.03. The zero-order valence-electron chi connectivity index (χ0n) is 8.91. The standard InChI is InChI=1S/C11H9F2N3O/c1-5-9(13)10(14)16-11(15-5)6-2-7(12)4-8(17)3-6/h2-4,17H,1H3,(H2,14,15,16). The number of hydrogen-bond acceptors (Lipinski definition) is 4. The highest BCUT2D eigenvalue weighted by Gasteiger charge is 2.11. The Morgan fingerprint density at radius 3 is 2.47 bits per heavy atom. The molecule has 0 aliphatic carbocycles. The number of nitrogens with two attached hydrogens (primary N) is 1. The Kier molecular flexibility index (Phi) is 2.63. The number of phenolic OH excluding ortho intramolecular Hbond substituents is 1. The van der Waals surface area contributed by atoms with E-state index in [9.17, 15) is 13.9 Å². The number of halogens is 2. The second-order valence-electron chi connectivity index (χ2n) is 3.53. The summed E-state index contributed by atoms with van der Waals surface area (Å²) in [6.07, 6.45) is 0. The van der Waals surface area contributed by atoms with Gasteiger partial charge in [0.25, 0.3) is 0 Å². The molecule has 2 rings (SSSR count). The molecule has 1 heterocycles. The van der Waals surface area contributed by atoms with Gasteiger partial charge in [-0.1, -0.05) is 0 Å². The quantitative estimate of drug-likeness (QED) is 0.795. The average molecular weight is 237 g/mol. The number of aromatic hydroxyl groups is 1. The van der Waals surface area contributed by atoms with Crippen LogP contribution in [0.2, 0.25) is 0 Å². The van der Waals surface area contributed by atoms with Crippen molar-refractivity contribution in [3.63, 3.8) is 0 Å². The van der Waals surface area contributed by atoms with E-state index in [0.29, 0.717) is 0 Å². The summed E-state index contributed by atoms with van der Waals surface area (Å²) >= 11 is 0. The zero-order chi connectivity index (χ0) is 12.6. The fraction of sp³-hybridized carbons (Fsp3) is 0.0909. The largest absolute Gasteiger partial charge is 0.508 e.